The highest BCUT2D eigenvalue weighted by Gasteiger charge is 2.20. The lowest BCUT2D eigenvalue weighted by Crippen LogP contribution is -2.18. The largest absolute Gasteiger partial charge is 0.464 e. The van der Waals surface area contributed by atoms with E-state index < -0.39 is 18.1 Å². The van der Waals surface area contributed by atoms with E-state index in [1.165, 1.54) is 14.2 Å². The van der Waals surface area contributed by atoms with Crippen LogP contribution in [0.15, 0.2) is 60.7 Å². The second kappa shape index (κ2) is 9.62. The Balaban J connectivity index is 1.93. The first kappa shape index (κ1) is 20.9. The van der Waals surface area contributed by atoms with E-state index in [-0.39, 0.29) is 5.69 Å². The molecule has 0 spiro atoms. The Morgan fingerprint density at radius 3 is 2.33 bits per heavy atom. The van der Waals surface area contributed by atoms with Crippen molar-refractivity contribution in [3.05, 3.63) is 77.6 Å². The first-order valence-electron chi connectivity index (χ1n) is 9.22. The third-order valence-electron chi connectivity index (χ3n) is 4.50. The van der Waals surface area contributed by atoms with Crippen molar-refractivity contribution in [2.75, 3.05) is 19.5 Å². The fourth-order valence-electron chi connectivity index (χ4n) is 2.93. The molecule has 2 aromatic carbocycles. The van der Waals surface area contributed by atoms with Crippen LogP contribution in [-0.2, 0) is 15.9 Å². The minimum atomic E-state index is -0.600. The lowest BCUT2D eigenvalue weighted by Gasteiger charge is -2.14. The molecule has 3 N–H and O–H groups in total. The minimum Gasteiger partial charge on any atom is -0.464 e. The molecule has 8 heteroatoms. The van der Waals surface area contributed by atoms with Gasteiger partial charge in [0.15, 0.2) is 5.69 Å². The van der Waals surface area contributed by atoms with Crippen molar-refractivity contribution in [3.63, 3.8) is 0 Å². The van der Waals surface area contributed by atoms with Crippen molar-refractivity contribution in [1.82, 2.24) is 10.2 Å². The second-order valence-corrected chi connectivity index (χ2v) is 6.51. The number of ether oxygens (including phenoxy) is 2. The molecule has 0 fully saturated rings. The topological polar surface area (TPSA) is 116 Å². The SMILES string of the molecule is COC(=O)Nc1ccc(-c2cc([C@@H](N)Cc3ccccc3)nnc2C(=O)OC)cc1. The van der Waals surface area contributed by atoms with E-state index in [0.717, 1.165) is 5.56 Å². The number of nitrogens with two attached hydrogens (primary N) is 1. The summed E-state index contributed by atoms with van der Waals surface area (Å²) in [5.74, 6) is -0.600. The van der Waals surface area contributed by atoms with Crippen LogP contribution >= 0.6 is 0 Å². The number of methoxy groups -OCH3 is 2. The zero-order valence-corrected chi connectivity index (χ0v) is 16.7. The van der Waals surface area contributed by atoms with E-state index in [1.54, 1.807) is 30.3 Å². The highest BCUT2D eigenvalue weighted by atomic mass is 16.5. The number of nitrogens with one attached hydrogen (secondary N) is 1. The van der Waals surface area contributed by atoms with Crippen molar-refractivity contribution in [1.29, 1.82) is 0 Å². The first-order chi connectivity index (χ1) is 14.5. The van der Waals surface area contributed by atoms with Gasteiger partial charge in [0.25, 0.3) is 0 Å². The smallest absolute Gasteiger partial charge is 0.411 e. The molecule has 1 aromatic heterocycles. The molecule has 3 aromatic rings. The predicted octanol–water partition coefficient (Wildman–Crippen LogP) is 3.35. The van der Waals surface area contributed by atoms with Crippen molar-refractivity contribution in [2.24, 2.45) is 5.73 Å². The van der Waals surface area contributed by atoms with Gasteiger partial charge in [0.1, 0.15) is 0 Å². The van der Waals surface area contributed by atoms with E-state index >= 15 is 0 Å². The molecule has 3 rings (SSSR count). The zero-order chi connectivity index (χ0) is 21.5. The lowest BCUT2D eigenvalue weighted by molar-refractivity contribution is 0.0593. The van der Waals surface area contributed by atoms with Gasteiger partial charge in [-0.1, -0.05) is 42.5 Å². The maximum Gasteiger partial charge on any atom is 0.411 e. The molecular weight excluding hydrogens is 384 g/mol. The molecule has 1 amide bonds. The Kier molecular flexibility index (Phi) is 6.71. The second-order valence-electron chi connectivity index (χ2n) is 6.51. The third-order valence-corrected chi connectivity index (χ3v) is 4.50. The number of rotatable bonds is 6. The summed E-state index contributed by atoms with van der Waals surface area (Å²) in [5.41, 5.74) is 9.85. The van der Waals surface area contributed by atoms with Crippen LogP contribution in [0.25, 0.3) is 11.1 Å². The van der Waals surface area contributed by atoms with Crippen LogP contribution in [0.2, 0.25) is 0 Å². The van der Waals surface area contributed by atoms with Crippen LogP contribution in [0.4, 0.5) is 10.5 Å². The molecule has 30 heavy (non-hydrogen) atoms. The van der Waals surface area contributed by atoms with Crippen LogP contribution in [0.1, 0.15) is 27.8 Å². The number of carbonyl (C=O) groups excluding carboxylic acids is 2. The average Bonchev–Trinajstić information content (AvgIpc) is 2.79. The van der Waals surface area contributed by atoms with Gasteiger partial charge in [0.2, 0.25) is 0 Å². The summed E-state index contributed by atoms with van der Waals surface area (Å²) >= 11 is 0. The number of hydrogen-bond acceptors (Lipinski definition) is 7. The van der Waals surface area contributed by atoms with E-state index in [4.69, 9.17) is 10.5 Å². The Labute approximate surface area is 174 Å². The lowest BCUT2D eigenvalue weighted by atomic mass is 9.99. The highest BCUT2D eigenvalue weighted by molar-refractivity contribution is 5.95. The Hall–Kier alpha value is -3.78. The zero-order valence-electron chi connectivity index (χ0n) is 16.7. The number of carbonyl (C=O) groups is 2. The van der Waals surface area contributed by atoms with E-state index in [9.17, 15) is 9.59 Å². The van der Waals surface area contributed by atoms with Crippen molar-refractivity contribution < 1.29 is 19.1 Å². The molecular formula is C22H22N4O4. The van der Waals surface area contributed by atoms with Gasteiger partial charge in [0.05, 0.1) is 26.0 Å². The molecule has 0 saturated carbocycles. The van der Waals surface area contributed by atoms with Crippen LogP contribution in [0.5, 0.6) is 0 Å². The molecule has 0 aliphatic carbocycles. The van der Waals surface area contributed by atoms with Crippen molar-refractivity contribution >= 4 is 17.7 Å². The van der Waals surface area contributed by atoms with Crippen LogP contribution in [0.3, 0.4) is 0 Å². The molecule has 0 saturated heterocycles. The normalized spacial score (nSPS) is 11.4. The number of nitrogens with zero attached hydrogens (tertiary/aromatic N) is 2. The number of aromatic nitrogens is 2. The summed E-state index contributed by atoms with van der Waals surface area (Å²) in [6, 6.07) is 18.1. The molecule has 1 atom stereocenters. The summed E-state index contributed by atoms with van der Waals surface area (Å²) in [4.78, 5) is 23.6. The summed E-state index contributed by atoms with van der Waals surface area (Å²) in [7, 11) is 2.57. The molecule has 0 radical (unpaired) electrons. The minimum absolute atomic E-state index is 0.0850. The fraction of sp³-hybridized carbons (Fsp3) is 0.182. The molecule has 8 nitrogen and oxygen atoms in total. The van der Waals surface area contributed by atoms with Crippen molar-refractivity contribution in [3.8, 4) is 11.1 Å². The van der Waals surface area contributed by atoms with E-state index in [1.807, 2.05) is 30.3 Å². The fourth-order valence-corrected chi connectivity index (χ4v) is 2.93. The summed E-state index contributed by atoms with van der Waals surface area (Å²) in [5, 5.41) is 10.8. The van der Waals surface area contributed by atoms with E-state index in [0.29, 0.717) is 28.9 Å². The third kappa shape index (κ3) is 4.98. The number of hydrogen-bond donors (Lipinski definition) is 2. The summed E-state index contributed by atoms with van der Waals surface area (Å²) in [6.07, 6.45) is 0.00637. The number of amides is 1. The molecule has 0 bridgehead atoms. The van der Waals surface area contributed by atoms with Gasteiger partial charge in [-0.05, 0) is 35.7 Å². The van der Waals surface area contributed by atoms with Gasteiger partial charge in [-0.2, -0.15) is 5.10 Å². The van der Waals surface area contributed by atoms with Gasteiger partial charge < -0.3 is 15.2 Å². The first-order valence-corrected chi connectivity index (χ1v) is 9.22. The molecule has 0 unspecified atom stereocenters. The molecule has 0 aliphatic heterocycles. The Morgan fingerprint density at radius 2 is 1.70 bits per heavy atom. The molecule has 0 aliphatic rings. The van der Waals surface area contributed by atoms with Crippen LogP contribution in [0, 0.1) is 0 Å². The highest BCUT2D eigenvalue weighted by Crippen LogP contribution is 2.27. The summed E-state index contributed by atoms with van der Waals surface area (Å²) in [6.45, 7) is 0. The van der Waals surface area contributed by atoms with Gasteiger partial charge in [-0.3, -0.25) is 5.32 Å². The number of benzene rings is 2. The van der Waals surface area contributed by atoms with Gasteiger partial charge >= 0.3 is 12.1 Å². The number of anilines is 1. The Bertz CT molecular complexity index is 1020. The van der Waals surface area contributed by atoms with E-state index in [2.05, 4.69) is 20.3 Å². The van der Waals surface area contributed by atoms with Gasteiger partial charge in [0, 0.05) is 11.3 Å². The Morgan fingerprint density at radius 1 is 1.00 bits per heavy atom. The van der Waals surface area contributed by atoms with Crippen molar-refractivity contribution in [2.45, 2.75) is 12.5 Å². The standard InChI is InChI=1S/C22H22N4O4/c1-29-21(27)20-17(15-8-10-16(11-9-15)24-22(28)30-2)13-19(25-26-20)18(23)12-14-6-4-3-5-7-14/h3-11,13,18H,12,23H2,1-2H3,(H,24,28)/t18-/m0/s1. The van der Waals surface area contributed by atoms with Gasteiger partial charge in [-0.15, -0.1) is 5.10 Å². The van der Waals surface area contributed by atoms with Crippen LogP contribution in [-0.4, -0.2) is 36.5 Å². The monoisotopic (exact) mass is 406 g/mol. The molecule has 154 valence electrons. The average molecular weight is 406 g/mol. The van der Waals surface area contributed by atoms with Crippen LogP contribution < -0.4 is 11.1 Å². The predicted molar refractivity (Wildman–Crippen MR) is 112 cm³/mol. The summed E-state index contributed by atoms with van der Waals surface area (Å²) < 4.78 is 9.42. The molecule has 1 heterocycles. The quantitative estimate of drug-likeness (QED) is 0.603. The number of esters is 1. The maximum absolute atomic E-state index is 12.2. The maximum atomic E-state index is 12.2. The van der Waals surface area contributed by atoms with Gasteiger partial charge in [-0.25, -0.2) is 9.59 Å².